The minimum atomic E-state index is -0.165. The quantitative estimate of drug-likeness (QED) is 0.753. The minimum absolute atomic E-state index is 0.165. The fraction of sp³-hybridized carbons (Fsp3) is 0.231. The minimum Gasteiger partial charge on any atom is -0.463 e. The van der Waals surface area contributed by atoms with Crippen molar-refractivity contribution in [2.45, 2.75) is 13.1 Å². The first-order chi connectivity index (χ1) is 9.28. The highest BCUT2D eigenvalue weighted by molar-refractivity contribution is 5.35. The van der Waals surface area contributed by atoms with Gasteiger partial charge in [-0.1, -0.05) is 6.07 Å². The second-order valence-electron chi connectivity index (χ2n) is 4.27. The number of rotatable bonds is 4. The smallest absolute Gasteiger partial charge is 0.350 e. The van der Waals surface area contributed by atoms with Crippen LogP contribution in [0.4, 0.5) is 0 Å². The maximum Gasteiger partial charge on any atom is 0.350 e. The number of hydrogen-bond donors (Lipinski definition) is 1. The maximum atomic E-state index is 12.1. The first-order valence-electron chi connectivity index (χ1n) is 6.04. The number of nitrogens with zero attached hydrogens (tertiary/aromatic N) is 3. The summed E-state index contributed by atoms with van der Waals surface area (Å²) in [5.74, 6) is 1.56. The molecule has 19 heavy (non-hydrogen) atoms. The molecule has 0 fully saturated rings. The molecule has 98 valence electrons. The first-order valence-corrected chi connectivity index (χ1v) is 6.04. The molecular weight excluding hydrogens is 244 g/mol. The molecular formula is C13H14N4O2. The molecule has 3 aromatic heterocycles. The predicted octanol–water partition coefficient (Wildman–Crippen LogP) is 0.857. The predicted molar refractivity (Wildman–Crippen MR) is 70.0 cm³/mol. The maximum absolute atomic E-state index is 12.1. The number of pyridine rings is 1. The third-order valence-electron chi connectivity index (χ3n) is 2.86. The zero-order chi connectivity index (χ0) is 13.2. The van der Waals surface area contributed by atoms with E-state index in [1.807, 2.05) is 25.2 Å². The van der Waals surface area contributed by atoms with E-state index >= 15 is 0 Å². The molecule has 3 heterocycles. The molecule has 0 radical (unpaired) electrons. The summed E-state index contributed by atoms with van der Waals surface area (Å²) in [4.78, 5) is 12.1. The van der Waals surface area contributed by atoms with Crippen molar-refractivity contribution in [3.63, 3.8) is 0 Å². The fourth-order valence-electron chi connectivity index (χ4n) is 2.00. The molecule has 0 aliphatic heterocycles. The summed E-state index contributed by atoms with van der Waals surface area (Å²) in [6.07, 6.45) is 1.70. The summed E-state index contributed by atoms with van der Waals surface area (Å²) in [5, 5.41) is 7.27. The lowest BCUT2D eigenvalue weighted by Gasteiger charge is -1.96. The molecule has 6 heteroatoms. The fourth-order valence-corrected chi connectivity index (χ4v) is 2.00. The van der Waals surface area contributed by atoms with Gasteiger partial charge in [-0.2, -0.15) is 0 Å². The van der Waals surface area contributed by atoms with Gasteiger partial charge in [0.1, 0.15) is 18.1 Å². The van der Waals surface area contributed by atoms with Gasteiger partial charge in [-0.25, -0.2) is 9.48 Å². The molecule has 6 nitrogen and oxygen atoms in total. The van der Waals surface area contributed by atoms with Crippen LogP contribution in [0.2, 0.25) is 0 Å². The van der Waals surface area contributed by atoms with Gasteiger partial charge < -0.3 is 9.73 Å². The van der Waals surface area contributed by atoms with Gasteiger partial charge in [0, 0.05) is 6.20 Å². The van der Waals surface area contributed by atoms with Crippen LogP contribution in [0.15, 0.2) is 45.7 Å². The van der Waals surface area contributed by atoms with Crippen LogP contribution >= 0.6 is 0 Å². The SMILES string of the molecule is CNCc1ccc(Cn2nc3ccccn3c2=O)o1. The Hall–Kier alpha value is -2.34. The zero-order valence-corrected chi connectivity index (χ0v) is 10.5. The molecule has 3 rings (SSSR count). The van der Waals surface area contributed by atoms with Crippen molar-refractivity contribution in [3.05, 3.63) is 58.5 Å². The number of furan rings is 1. The van der Waals surface area contributed by atoms with Crippen LogP contribution in [0.3, 0.4) is 0 Å². The van der Waals surface area contributed by atoms with Gasteiger partial charge >= 0.3 is 5.69 Å². The van der Waals surface area contributed by atoms with Crippen molar-refractivity contribution in [2.75, 3.05) is 7.05 Å². The third-order valence-corrected chi connectivity index (χ3v) is 2.86. The van der Waals surface area contributed by atoms with E-state index < -0.39 is 0 Å². The van der Waals surface area contributed by atoms with E-state index in [0.717, 1.165) is 11.5 Å². The van der Waals surface area contributed by atoms with Crippen molar-refractivity contribution in [2.24, 2.45) is 0 Å². The number of fused-ring (bicyclic) bond motifs is 1. The lowest BCUT2D eigenvalue weighted by atomic mass is 10.4. The van der Waals surface area contributed by atoms with Gasteiger partial charge in [0.25, 0.3) is 0 Å². The molecule has 0 amide bonds. The van der Waals surface area contributed by atoms with E-state index in [9.17, 15) is 4.79 Å². The van der Waals surface area contributed by atoms with Crippen LogP contribution in [-0.2, 0) is 13.1 Å². The van der Waals surface area contributed by atoms with Crippen molar-refractivity contribution in [1.82, 2.24) is 19.5 Å². The largest absolute Gasteiger partial charge is 0.463 e. The van der Waals surface area contributed by atoms with Gasteiger partial charge in [0.15, 0.2) is 5.65 Å². The van der Waals surface area contributed by atoms with Crippen LogP contribution in [0, 0.1) is 0 Å². The number of nitrogens with one attached hydrogen (secondary N) is 1. The van der Waals surface area contributed by atoms with E-state index in [-0.39, 0.29) is 5.69 Å². The Balaban J connectivity index is 1.92. The second-order valence-corrected chi connectivity index (χ2v) is 4.27. The van der Waals surface area contributed by atoms with Gasteiger partial charge in [-0.3, -0.25) is 4.40 Å². The summed E-state index contributed by atoms with van der Waals surface area (Å²) >= 11 is 0. The van der Waals surface area contributed by atoms with Crippen molar-refractivity contribution in [3.8, 4) is 0 Å². The van der Waals surface area contributed by atoms with E-state index in [1.165, 1.54) is 9.08 Å². The number of aromatic nitrogens is 3. The molecule has 0 spiro atoms. The van der Waals surface area contributed by atoms with Crippen molar-refractivity contribution < 1.29 is 4.42 Å². The molecule has 0 atom stereocenters. The summed E-state index contributed by atoms with van der Waals surface area (Å²) in [5.41, 5.74) is 0.469. The van der Waals surface area contributed by atoms with E-state index in [2.05, 4.69) is 10.4 Å². The normalized spacial score (nSPS) is 11.2. The van der Waals surface area contributed by atoms with E-state index in [4.69, 9.17) is 4.42 Å². The third kappa shape index (κ3) is 2.17. The van der Waals surface area contributed by atoms with Crippen LogP contribution in [-0.4, -0.2) is 21.2 Å². The highest BCUT2D eigenvalue weighted by Crippen LogP contribution is 2.08. The Bertz CT molecular complexity index is 753. The topological polar surface area (TPSA) is 64.5 Å². The van der Waals surface area contributed by atoms with Gasteiger partial charge in [-0.05, 0) is 31.3 Å². The molecule has 0 bridgehead atoms. The zero-order valence-electron chi connectivity index (χ0n) is 10.5. The van der Waals surface area contributed by atoms with E-state index in [0.29, 0.717) is 18.7 Å². The summed E-state index contributed by atoms with van der Waals surface area (Å²) in [6.45, 7) is 1.00. The molecule has 0 saturated carbocycles. The van der Waals surface area contributed by atoms with Gasteiger partial charge in [0.2, 0.25) is 0 Å². The Morgan fingerprint density at radius 3 is 2.89 bits per heavy atom. The molecule has 3 aromatic rings. The van der Waals surface area contributed by atoms with Crippen molar-refractivity contribution >= 4 is 5.65 Å². The molecule has 0 unspecified atom stereocenters. The summed E-state index contributed by atoms with van der Waals surface area (Å²) in [6, 6.07) is 9.21. The monoisotopic (exact) mass is 258 g/mol. The van der Waals surface area contributed by atoms with E-state index in [1.54, 1.807) is 18.3 Å². The highest BCUT2D eigenvalue weighted by atomic mass is 16.3. The lowest BCUT2D eigenvalue weighted by Crippen LogP contribution is -2.21. The van der Waals surface area contributed by atoms with Crippen LogP contribution in [0.1, 0.15) is 11.5 Å². The lowest BCUT2D eigenvalue weighted by molar-refractivity contribution is 0.433. The summed E-state index contributed by atoms with van der Waals surface area (Å²) in [7, 11) is 1.86. The average Bonchev–Trinajstić information content (AvgIpc) is 2.97. The van der Waals surface area contributed by atoms with Crippen LogP contribution in [0.5, 0.6) is 0 Å². The first kappa shape index (κ1) is 11.7. The highest BCUT2D eigenvalue weighted by Gasteiger charge is 2.08. The number of hydrogen-bond acceptors (Lipinski definition) is 4. The molecule has 0 aliphatic carbocycles. The Morgan fingerprint density at radius 1 is 1.26 bits per heavy atom. The van der Waals surface area contributed by atoms with Gasteiger partial charge in [-0.15, -0.1) is 5.10 Å². The Kier molecular flexibility index (Phi) is 2.92. The molecule has 0 aromatic carbocycles. The molecule has 1 N–H and O–H groups in total. The molecule has 0 aliphatic rings. The van der Waals surface area contributed by atoms with Crippen LogP contribution in [0.25, 0.3) is 5.65 Å². The average molecular weight is 258 g/mol. The summed E-state index contributed by atoms with van der Waals surface area (Å²) < 4.78 is 8.52. The van der Waals surface area contributed by atoms with Gasteiger partial charge in [0.05, 0.1) is 6.54 Å². The Morgan fingerprint density at radius 2 is 2.11 bits per heavy atom. The Labute approximate surface area is 109 Å². The second kappa shape index (κ2) is 4.74. The molecule has 0 saturated heterocycles. The van der Waals surface area contributed by atoms with Crippen molar-refractivity contribution in [1.29, 1.82) is 0 Å². The van der Waals surface area contributed by atoms with Crippen LogP contribution < -0.4 is 11.0 Å². The standard InChI is InChI=1S/C13H14N4O2/c1-14-8-10-5-6-11(19-10)9-17-13(18)16-7-3-2-4-12(16)15-17/h2-7,14H,8-9H2,1H3.